The van der Waals surface area contributed by atoms with E-state index < -0.39 is 0 Å². The summed E-state index contributed by atoms with van der Waals surface area (Å²) in [5.41, 5.74) is 9.02. The molecule has 0 aliphatic carbocycles. The van der Waals surface area contributed by atoms with Crippen LogP contribution in [0, 0.1) is 12.8 Å². The number of likely N-dealkylation sites (tertiary alicyclic amines) is 1. The molecule has 19 heavy (non-hydrogen) atoms. The molecule has 2 nitrogen and oxygen atoms in total. The van der Waals surface area contributed by atoms with Crippen molar-refractivity contribution in [3.63, 3.8) is 0 Å². The molecule has 3 unspecified atom stereocenters. The summed E-state index contributed by atoms with van der Waals surface area (Å²) < 4.78 is 0. The van der Waals surface area contributed by atoms with Crippen molar-refractivity contribution >= 4 is 0 Å². The van der Waals surface area contributed by atoms with Gasteiger partial charge in [-0.1, -0.05) is 36.8 Å². The van der Waals surface area contributed by atoms with Crippen LogP contribution in [0.1, 0.15) is 50.3 Å². The highest BCUT2D eigenvalue weighted by Crippen LogP contribution is 2.23. The fourth-order valence-corrected chi connectivity index (χ4v) is 2.99. The van der Waals surface area contributed by atoms with Crippen LogP contribution in [0.15, 0.2) is 24.3 Å². The zero-order valence-electron chi connectivity index (χ0n) is 12.6. The lowest BCUT2D eigenvalue weighted by Crippen LogP contribution is -2.41. The standard InChI is InChI=1S/C17H28N2/c1-13-5-4-11-19(12-10-13)15(3)17(18)16-8-6-14(2)7-9-16/h6-9,13,15,17H,4-5,10-12,18H2,1-3H3. The Bertz CT molecular complexity index is 385. The van der Waals surface area contributed by atoms with Gasteiger partial charge >= 0.3 is 0 Å². The molecule has 1 fully saturated rings. The number of hydrogen-bond acceptors (Lipinski definition) is 2. The lowest BCUT2D eigenvalue weighted by molar-refractivity contribution is 0.189. The minimum Gasteiger partial charge on any atom is -0.323 e. The van der Waals surface area contributed by atoms with E-state index in [1.807, 2.05) is 0 Å². The summed E-state index contributed by atoms with van der Waals surface area (Å²) in [7, 11) is 0. The highest BCUT2D eigenvalue weighted by atomic mass is 15.2. The molecule has 3 atom stereocenters. The molecule has 0 spiro atoms. The average Bonchev–Trinajstić information content (AvgIpc) is 2.63. The van der Waals surface area contributed by atoms with Crippen LogP contribution < -0.4 is 5.73 Å². The third kappa shape index (κ3) is 3.80. The SMILES string of the molecule is Cc1ccc(C(N)C(C)N2CCCC(C)CC2)cc1. The summed E-state index contributed by atoms with van der Waals surface area (Å²) in [6.45, 7) is 9.16. The maximum absolute atomic E-state index is 6.46. The number of benzene rings is 1. The summed E-state index contributed by atoms with van der Waals surface area (Å²) >= 11 is 0. The molecule has 0 amide bonds. The second kappa shape index (κ2) is 6.53. The molecular formula is C17H28N2. The van der Waals surface area contributed by atoms with Crippen molar-refractivity contribution in [3.8, 4) is 0 Å². The first-order valence-electron chi connectivity index (χ1n) is 7.64. The molecule has 0 saturated carbocycles. The predicted molar refractivity (Wildman–Crippen MR) is 82.2 cm³/mol. The van der Waals surface area contributed by atoms with Gasteiger partial charge in [0.1, 0.15) is 0 Å². The predicted octanol–water partition coefficient (Wildman–Crippen LogP) is 3.51. The van der Waals surface area contributed by atoms with E-state index in [0.29, 0.717) is 6.04 Å². The van der Waals surface area contributed by atoms with E-state index >= 15 is 0 Å². The van der Waals surface area contributed by atoms with Crippen LogP contribution in [0.2, 0.25) is 0 Å². The fourth-order valence-electron chi connectivity index (χ4n) is 2.99. The second-order valence-electron chi connectivity index (χ2n) is 6.25. The maximum atomic E-state index is 6.46. The molecule has 2 rings (SSSR count). The van der Waals surface area contributed by atoms with E-state index in [1.54, 1.807) is 0 Å². The van der Waals surface area contributed by atoms with Crippen molar-refractivity contribution in [2.75, 3.05) is 13.1 Å². The highest BCUT2D eigenvalue weighted by molar-refractivity contribution is 5.24. The highest BCUT2D eigenvalue weighted by Gasteiger charge is 2.23. The van der Waals surface area contributed by atoms with Crippen LogP contribution in [0.3, 0.4) is 0 Å². The molecule has 1 aromatic carbocycles. The van der Waals surface area contributed by atoms with E-state index in [2.05, 4.69) is 49.9 Å². The van der Waals surface area contributed by atoms with Gasteiger partial charge in [0.05, 0.1) is 0 Å². The Labute approximate surface area is 118 Å². The molecule has 2 N–H and O–H groups in total. The van der Waals surface area contributed by atoms with Crippen LogP contribution >= 0.6 is 0 Å². The molecule has 0 aromatic heterocycles. The number of nitrogens with two attached hydrogens (primary N) is 1. The maximum Gasteiger partial charge on any atom is 0.0450 e. The Morgan fingerprint density at radius 1 is 1.16 bits per heavy atom. The Kier molecular flexibility index (Phi) is 5.00. The van der Waals surface area contributed by atoms with Gasteiger partial charge < -0.3 is 5.73 Å². The topological polar surface area (TPSA) is 29.3 Å². The zero-order valence-corrected chi connectivity index (χ0v) is 12.6. The molecule has 1 aromatic rings. The van der Waals surface area contributed by atoms with E-state index in [1.165, 1.54) is 43.5 Å². The second-order valence-corrected chi connectivity index (χ2v) is 6.25. The molecule has 2 heteroatoms. The minimum absolute atomic E-state index is 0.119. The van der Waals surface area contributed by atoms with Gasteiger partial charge in [-0.3, -0.25) is 4.90 Å². The Morgan fingerprint density at radius 3 is 2.53 bits per heavy atom. The molecule has 1 heterocycles. The van der Waals surface area contributed by atoms with Crippen molar-refractivity contribution in [1.29, 1.82) is 0 Å². The van der Waals surface area contributed by atoms with Crippen LogP contribution in [0.25, 0.3) is 0 Å². The van der Waals surface area contributed by atoms with Crippen molar-refractivity contribution < 1.29 is 0 Å². The summed E-state index contributed by atoms with van der Waals surface area (Å²) in [4.78, 5) is 2.58. The number of hydrogen-bond donors (Lipinski definition) is 1. The monoisotopic (exact) mass is 260 g/mol. The van der Waals surface area contributed by atoms with Gasteiger partial charge in [0, 0.05) is 12.1 Å². The van der Waals surface area contributed by atoms with Crippen LogP contribution in [-0.4, -0.2) is 24.0 Å². The van der Waals surface area contributed by atoms with Gasteiger partial charge in [0.25, 0.3) is 0 Å². The first-order chi connectivity index (χ1) is 9.08. The molecule has 0 bridgehead atoms. The fraction of sp³-hybridized carbons (Fsp3) is 0.647. The van der Waals surface area contributed by atoms with Gasteiger partial charge in [-0.2, -0.15) is 0 Å². The van der Waals surface area contributed by atoms with Crippen LogP contribution in [-0.2, 0) is 0 Å². The van der Waals surface area contributed by atoms with Crippen LogP contribution in [0.4, 0.5) is 0 Å². The first-order valence-corrected chi connectivity index (χ1v) is 7.64. The van der Waals surface area contributed by atoms with Gasteiger partial charge in [0.15, 0.2) is 0 Å². The smallest absolute Gasteiger partial charge is 0.0450 e. The normalized spacial score (nSPS) is 24.7. The van der Waals surface area contributed by atoms with E-state index in [-0.39, 0.29) is 6.04 Å². The molecular weight excluding hydrogens is 232 g/mol. The summed E-state index contributed by atoms with van der Waals surface area (Å²) in [6.07, 6.45) is 3.99. The van der Waals surface area contributed by atoms with Gasteiger partial charge in [0.2, 0.25) is 0 Å². The minimum atomic E-state index is 0.119. The van der Waals surface area contributed by atoms with Gasteiger partial charge in [-0.05, 0) is 57.7 Å². The summed E-state index contributed by atoms with van der Waals surface area (Å²) in [5, 5.41) is 0. The molecule has 1 saturated heterocycles. The quantitative estimate of drug-likeness (QED) is 0.901. The lowest BCUT2D eigenvalue weighted by atomic mass is 9.99. The summed E-state index contributed by atoms with van der Waals surface area (Å²) in [5.74, 6) is 0.868. The van der Waals surface area contributed by atoms with Crippen LogP contribution in [0.5, 0.6) is 0 Å². The average molecular weight is 260 g/mol. The van der Waals surface area contributed by atoms with Crippen molar-refractivity contribution in [2.24, 2.45) is 11.7 Å². The molecule has 0 radical (unpaired) electrons. The van der Waals surface area contributed by atoms with Crippen molar-refractivity contribution in [3.05, 3.63) is 35.4 Å². The third-order valence-electron chi connectivity index (χ3n) is 4.61. The Morgan fingerprint density at radius 2 is 1.84 bits per heavy atom. The van der Waals surface area contributed by atoms with Crippen molar-refractivity contribution in [1.82, 2.24) is 4.90 Å². The van der Waals surface area contributed by atoms with E-state index in [0.717, 1.165) is 5.92 Å². The van der Waals surface area contributed by atoms with E-state index in [4.69, 9.17) is 5.73 Å². The van der Waals surface area contributed by atoms with Gasteiger partial charge in [-0.15, -0.1) is 0 Å². The first kappa shape index (κ1) is 14.5. The lowest BCUT2D eigenvalue weighted by Gasteiger charge is -2.32. The largest absolute Gasteiger partial charge is 0.323 e. The number of nitrogens with zero attached hydrogens (tertiary/aromatic N) is 1. The zero-order chi connectivity index (χ0) is 13.8. The number of rotatable bonds is 3. The molecule has 1 aliphatic rings. The number of aryl methyl sites for hydroxylation is 1. The Hall–Kier alpha value is -0.860. The Balaban J connectivity index is 2.01. The van der Waals surface area contributed by atoms with Gasteiger partial charge in [-0.25, -0.2) is 0 Å². The van der Waals surface area contributed by atoms with E-state index in [9.17, 15) is 0 Å². The molecule has 106 valence electrons. The molecule has 1 aliphatic heterocycles. The van der Waals surface area contributed by atoms with Crippen molar-refractivity contribution in [2.45, 2.75) is 52.1 Å². The third-order valence-corrected chi connectivity index (χ3v) is 4.61. The summed E-state index contributed by atoms with van der Waals surface area (Å²) in [6, 6.07) is 9.22.